The molecular weight excluding hydrogens is 518 g/mol. The number of nitrogens with zero attached hydrogens (tertiary/aromatic N) is 5. The maximum absolute atomic E-state index is 13.5. The summed E-state index contributed by atoms with van der Waals surface area (Å²) in [6.45, 7) is 1.85. The summed E-state index contributed by atoms with van der Waals surface area (Å²) >= 11 is 7.44. The first-order valence-electron chi connectivity index (χ1n) is 12.1. The number of hydrogen-bond donors (Lipinski definition) is 0. The lowest BCUT2D eigenvalue weighted by atomic mass is 9.92. The number of halogens is 1. The molecule has 2 atom stereocenters. The van der Waals surface area contributed by atoms with Crippen LogP contribution in [0.15, 0.2) is 105 Å². The van der Waals surface area contributed by atoms with Gasteiger partial charge in [0.25, 0.3) is 11.8 Å². The van der Waals surface area contributed by atoms with E-state index >= 15 is 0 Å². The summed E-state index contributed by atoms with van der Waals surface area (Å²) in [4.78, 5) is 31.2. The molecule has 3 aliphatic heterocycles. The zero-order chi connectivity index (χ0) is 26.2. The van der Waals surface area contributed by atoms with Gasteiger partial charge in [-0.2, -0.15) is 20.2 Å². The van der Waals surface area contributed by atoms with Gasteiger partial charge in [-0.1, -0.05) is 72.3 Å². The first kappa shape index (κ1) is 24.3. The number of carbonyl (C=O) groups is 2. The lowest BCUT2D eigenvalue weighted by Gasteiger charge is -2.22. The second-order valence-corrected chi connectivity index (χ2v) is 10.5. The monoisotopic (exact) mass is 539 g/mol. The van der Waals surface area contributed by atoms with Crippen molar-refractivity contribution in [2.24, 2.45) is 21.1 Å². The maximum atomic E-state index is 13.5. The third-order valence-electron chi connectivity index (χ3n) is 6.56. The molecule has 0 saturated carbocycles. The Balaban J connectivity index is 1.33. The van der Waals surface area contributed by atoms with Gasteiger partial charge in [0.2, 0.25) is 0 Å². The Morgan fingerprint density at radius 3 is 2.32 bits per heavy atom. The molecule has 0 N–H and O–H groups in total. The highest BCUT2D eigenvalue weighted by Crippen LogP contribution is 2.41. The van der Waals surface area contributed by atoms with E-state index in [2.05, 4.69) is 10.1 Å². The Morgan fingerprint density at radius 2 is 1.61 bits per heavy atom. The van der Waals surface area contributed by atoms with Crippen molar-refractivity contribution in [3.63, 3.8) is 0 Å². The van der Waals surface area contributed by atoms with E-state index < -0.39 is 5.92 Å². The molecule has 38 heavy (non-hydrogen) atoms. The first-order valence-corrected chi connectivity index (χ1v) is 13.3. The van der Waals surface area contributed by atoms with Gasteiger partial charge in [-0.15, -0.1) is 0 Å². The van der Waals surface area contributed by atoms with E-state index in [0.717, 1.165) is 11.1 Å². The van der Waals surface area contributed by atoms with E-state index in [1.54, 1.807) is 5.01 Å². The zero-order valence-corrected chi connectivity index (χ0v) is 21.9. The molecule has 0 aromatic heterocycles. The molecule has 0 bridgehead atoms. The Morgan fingerprint density at radius 1 is 0.921 bits per heavy atom. The van der Waals surface area contributed by atoms with E-state index in [1.165, 1.54) is 16.8 Å². The van der Waals surface area contributed by atoms with Gasteiger partial charge in [0, 0.05) is 11.4 Å². The second kappa shape index (κ2) is 10.0. The minimum absolute atomic E-state index is 0.147. The van der Waals surface area contributed by atoms with Crippen LogP contribution in [0.4, 0.5) is 5.69 Å². The molecule has 0 saturated heterocycles. The molecule has 0 spiro atoms. The maximum Gasteiger partial charge on any atom is 0.286 e. The van der Waals surface area contributed by atoms with Gasteiger partial charge in [0.1, 0.15) is 5.92 Å². The van der Waals surface area contributed by atoms with Crippen molar-refractivity contribution >= 4 is 63.5 Å². The smallest absolute Gasteiger partial charge is 0.271 e. The van der Waals surface area contributed by atoms with Gasteiger partial charge in [-0.3, -0.25) is 9.59 Å². The van der Waals surface area contributed by atoms with E-state index in [9.17, 15) is 9.59 Å². The Kier molecular flexibility index (Phi) is 6.43. The van der Waals surface area contributed by atoms with Crippen molar-refractivity contribution in [1.82, 2.24) is 5.01 Å². The van der Waals surface area contributed by atoms with Gasteiger partial charge < -0.3 is 0 Å². The molecule has 188 valence electrons. The average Bonchev–Trinajstić information content (AvgIpc) is 3.60. The van der Waals surface area contributed by atoms with Crippen LogP contribution in [-0.2, 0) is 9.59 Å². The van der Waals surface area contributed by atoms with Gasteiger partial charge in [0.05, 0.1) is 28.1 Å². The lowest BCUT2D eigenvalue weighted by Crippen LogP contribution is -2.32. The van der Waals surface area contributed by atoms with Crippen LogP contribution in [0.5, 0.6) is 0 Å². The van der Waals surface area contributed by atoms with Gasteiger partial charge >= 0.3 is 0 Å². The number of aliphatic imine (C=N–C) groups is 1. The van der Waals surface area contributed by atoms with Crippen molar-refractivity contribution in [2.45, 2.75) is 19.4 Å². The summed E-state index contributed by atoms with van der Waals surface area (Å²) in [5.41, 5.74) is 3.95. The fourth-order valence-electron chi connectivity index (χ4n) is 4.73. The van der Waals surface area contributed by atoms with E-state index in [0.29, 0.717) is 38.6 Å². The van der Waals surface area contributed by atoms with E-state index in [-0.39, 0.29) is 17.9 Å². The highest BCUT2D eigenvalue weighted by Gasteiger charge is 2.44. The zero-order valence-electron chi connectivity index (χ0n) is 20.4. The van der Waals surface area contributed by atoms with Crippen LogP contribution in [0.25, 0.3) is 6.08 Å². The normalized spacial score (nSPS) is 22.3. The number of carbonyl (C=O) groups excluding carboxylic acids is 2. The Bertz CT molecular complexity index is 1530. The lowest BCUT2D eigenvalue weighted by molar-refractivity contribution is -0.118. The SMILES string of the molecule is CC1=NN(c2ccccc2)C(=O)C1C1=NN(C2=NC(=O)/C(=C\c3ccccc3)S2)C(c2ccc(Cl)cc2)C1. The minimum Gasteiger partial charge on any atom is -0.271 e. The van der Waals surface area contributed by atoms with Crippen LogP contribution in [0.3, 0.4) is 0 Å². The van der Waals surface area contributed by atoms with Gasteiger partial charge in [-0.25, -0.2) is 5.01 Å². The summed E-state index contributed by atoms with van der Waals surface area (Å²) in [5, 5.41) is 13.8. The molecule has 0 aliphatic carbocycles. The molecule has 2 unspecified atom stereocenters. The number of thioether (sulfide) groups is 1. The van der Waals surface area contributed by atoms with Crippen molar-refractivity contribution in [1.29, 1.82) is 0 Å². The summed E-state index contributed by atoms with van der Waals surface area (Å²) in [5.74, 6) is -1.04. The van der Waals surface area contributed by atoms with Crippen LogP contribution in [0, 0.1) is 5.92 Å². The summed E-state index contributed by atoms with van der Waals surface area (Å²) in [7, 11) is 0. The number of rotatable bonds is 4. The van der Waals surface area contributed by atoms with Crippen LogP contribution >= 0.6 is 23.4 Å². The number of amides is 2. The number of anilines is 1. The average molecular weight is 540 g/mol. The number of amidine groups is 1. The van der Waals surface area contributed by atoms with Crippen LogP contribution in [0.1, 0.15) is 30.5 Å². The molecule has 7 nitrogen and oxygen atoms in total. The highest BCUT2D eigenvalue weighted by atomic mass is 35.5. The molecule has 9 heteroatoms. The molecule has 6 rings (SSSR count). The fourth-order valence-corrected chi connectivity index (χ4v) is 5.77. The number of para-hydroxylation sites is 1. The van der Waals surface area contributed by atoms with Crippen molar-refractivity contribution in [3.8, 4) is 0 Å². The number of hydrogen-bond acceptors (Lipinski definition) is 6. The van der Waals surface area contributed by atoms with Crippen LogP contribution in [0.2, 0.25) is 5.02 Å². The summed E-state index contributed by atoms with van der Waals surface area (Å²) in [6.07, 6.45) is 2.32. The Labute approximate surface area is 229 Å². The van der Waals surface area contributed by atoms with Crippen LogP contribution in [-0.4, -0.2) is 33.4 Å². The quantitative estimate of drug-likeness (QED) is 0.372. The molecule has 3 heterocycles. The van der Waals surface area contributed by atoms with E-state index in [1.807, 2.05) is 97.9 Å². The number of hydrazone groups is 2. The Hall–Kier alpha value is -4.01. The predicted octanol–water partition coefficient (Wildman–Crippen LogP) is 6.15. The molecular formula is C29H22ClN5O2S. The molecule has 3 aromatic rings. The fraction of sp³-hybridized carbons (Fsp3) is 0.138. The first-order chi connectivity index (χ1) is 18.5. The summed E-state index contributed by atoms with van der Waals surface area (Å²) < 4.78 is 0. The third kappa shape index (κ3) is 4.57. The standard InChI is InChI=1S/C29H22ClN5O2S/c1-18-26(28(37)34(32-18)22-10-6-3-7-11-22)23-17-24(20-12-14-21(30)15-13-20)35(33-23)29-31-27(36)25(38-29)16-19-8-4-2-5-9-19/h2-16,24,26H,17H2,1H3/b25-16+. The molecule has 3 aromatic carbocycles. The highest BCUT2D eigenvalue weighted by molar-refractivity contribution is 8.18. The summed E-state index contributed by atoms with van der Waals surface area (Å²) in [6, 6.07) is 26.3. The largest absolute Gasteiger partial charge is 0.286 e. The number of benzene rings is 3. The topological polar surface area (TPSA) is 77.7 Å². The molecule has 3 aliphatic rings. The molecule has 0 radical (unpaired) electrons. The van der Waals surface area contributed by atoms with Crippen molar-refractivity contribution < 1.29 is 9.59 Å². The van der Waals surface area contributed by atoms with Crippen LogP contribution < -0.4 is 5.01 Å². The second-order valence-electron chi connectivity index (χ2n) is 9.09. The van der Waals surface area contributed by atoms with Gasteiger partial charge in [0.15, 0.2) is 5.17 Å². The predicted molar refractivity (Wildman–Crippen MR) is 153 cm³/mol. The van der Waals surface area contributed by atoms with Gasteiger partial charge in [-0.05, 0) is 60.2 Å². The molecule has 0 fully saturated rings. The van der Waals surface area contributed by atoms with E-state index in [4.69, 9.17) is 16.7 Å². The van der Waals surface area contributed by atoms with Crippen molar-refractivity contribution in [2.75, 3.05) is 5.01 Å². The van der Waals surface area contributed by atoms with Crippen molar-refractivity contribution in [3.05, 3.63) is 106 Å². The molecule has 2 amide bonds. The third-order valence-corrected chi connectivity index (χ3v) is 7.78. The minimum atomic E-state index is -0.586.